The summed E-state index contributed by atoms with van der Waals surface area (Å²) in [4.78, 5) is 25.2. The highest BCUT2D eigenvalue weighted by molar-refractivity contribution is 5.93. The van der Waals surface area contributed by atoms with Crippen molar-refractivity contribution in [3.05, 3.63) is 90.0 Å². The van der Waals surface area contributed by atoms with E-state index >= 15 is 0 Å². The summed E-state index contributed by atoms with van der Waals surface area (Å²) in [5.41, 5.74) is 2.82. The zero-order chi connectivity index (χ0) is 23.9. The zero-order valence-electron chi connectivity index (χ0n) is 18.1. The molecule has 3 aromatic carbocycles. The van der Waals surface area contributed by atoms with Crippen LogP contribution in [0.2, 0.25) is 0 Å². The standard InChI is InChI=1S/C24H21F2N7O/c1-15-3-2-4-20(13-15)28-21(34)14-27-22-31-23(29-18-9-5-16(25)6-10-18)33-24(32-22)30-19-11-7-17(26)8-12-19/h2-13H,14H2,1H3,(H,28,34)(H3,27,29,30,31,32,33). The summed E-state index contributed by atoms with van der Waals surface area (Å²) in [6.07, 6.45) is 0. The van der Waals surface area contributed by atoms with Crippen LogP contribution in [-0.4, -0.2) is 27.4 Å². The Labute approximate surface area is 194 Å². The summed E-state index contributed by atoms with van der Waals surface area (Å²) in [6.45, 7) is 1.84. The van der Waals surface area contributed by atoms with Crippen LogP contribution in [0.25, 0.3) is 0 Å². The molecule has 4 rings (SSSR count). The highest BCUT2D eigenvalue weighted by atomic mass is 19.1. The third-order valence-electron chi connectivity index (χ3n) is 4.55. The van der Waals surface area contributed by atoms with Gasteiger partial charge in [-0.1, -0.05) is 12.1 Å². The number of aryl methyl sites for hydroxylation is 1. The summed E-state index contributed by atoms with van der Waals surface area (Å²) < 4.78 is 26.5. The van der Waals surface area contributed by atoms with E-state index in [1.165, 1.54) is 48.5 Å². The highest BCUT2D eigenvalue weighted by Crippen LogP contribution is 2.19. The molecule has 0 radical (unpaired) electrons. The molecule has 1 amide bonds. The lowest BCUT2D eigenvalue weighted by Gasteiger charge is -2.12. The monoisotopic (exact) mass is 461 g/mol. The predicted molar refractivity (Wildman–Crippen MR) is 127 cm³/mol. The van der Waals surface area contributed by atoms with Gasteiger partial charge in [0.1, 0.15) is 11.6 Å². The van der Waals surface area contributed by atoms with Gasteiger partial charge < -0.3 is 21.3 Å². The molecule has 0 spiro atoms. The molecule has 0 saturated heterocycles. The lowest BCUT2D eigenvalue weighted by atomic mass is 10.2. The number of halogens is 2. The third-order valence-corrected chi connectivity index (χ3v) is 4.55. The second-order valence-corrected chi connectivity index (χ2v) is 7.34. The molecular formula is C24H21F2N7O. The highest BCUT2D eigenvalue weighted by Gasteiger charge is 2.10. The van der Waals surface area contributed by atoms with Crippen LogP contribution in [-0.2, 0) is 4.79 Å². The topological polar surface area (TPSA) is 104 Å². The van der Waals surface area contributed by atoms with E-state index in [1.54, 1.807) is 6.07 Å². The lowest BCUT2D eigenvalue weighted by molar-refractivity contribution is -0.114. The molecule has 0 fully saturated rings. The van der Waals surface area contributed by atoms with Crippen molar-refractivity contribution < 1.29 is 13.6 Å². The molecule has 0 saturated carbocycles. The average Bonchev–Trinajstić information content (AvgIpc) is 2.81. The van der Waals surface area contributed by atoms with Gasteiger partial charge in [-0.15, -0.1) is 0 Å². The van der Waals surface area contributed by atoms with E-state index in [1.807, 2.05) is 25.1 Å². The Balaban J connectivity index is 1.51. The van der Waals surface area contributed by atoms with Crippen LogP contribution in [0.1, 0.15) is 5.56 Å². The van der Waals surface area contributed by atoms with Crippen LogP contribution in [0.5, 0.6) is 0 Å². The summed E-state index contributed by atoms with van der Waals surface area (Å²) in [7, 11) is 0. The van der Waals surface area contributed by atoms with Crippen molar-refractivity contribution in [2.24, 2.45) is 0 Å². The Hall–Kier alpha value is -4.60. The smallest absolute Gasteiger partial charge is 0.243 e. The van der Waals surface area contributed by atoms with Gasteiger partial charge in [-0.3, -0.25) is 4.79 Å². The number of carbonyl (C=O) groups excluding carboxylic acids is 1. The van der Waals surface area contributed by atoms with Crippen molar-refractivity contribution in [1.82, 2.24) is 15.0 Å². The molecule has 34 heavy (non-hydrogen) atoms. The maximum absolute atomic E-state index is 13.2. The first-order valence-corrected chi connectivity index (χ1v) is 10.3. The van der Waals surface area contributed by atoms with Crippen LogP contribution in [0.3, 0.4) is 0 Å². The molecule has 4 aromatic rings. The van der Waals surface area contributed by atoms with Crippen LogP contribution < -0.4 is 21.3 Å². The van der Waals surface area contributed by atoms with Crippen LogP contribution in [0.15, 0.2) is 72.8 Å². The SMILES string of the molecule is Cc1cccc(NC(=O)CNc2nc(Nc3ccc(F)cc3)nc(Nc3ccc(F)cc3)n2)c1. The minimum Gasteiger partial charge on any atom is -0.345 e. The summed E-state index contributed by atoms with van der Waals surface area (Å²) in [5.74, 6) is -0.583. The number of nitrogens with zero attached hydrogens (tertiary/aromatic N) is 3. The number of hydrogen-bond donors (Lipinski definition) is 4. The quantitative estimate of drug-likeness (QED) is 0.293. The minimum atomic E-state index is -0.373. The number of amides is 1. The number of anilines is 6. The molecule has 0 aliphatic carbocycles. The van der Waals surface area contributed by atoms with E-state index in [2.05, 4.69) is 36.2 Å². The maximum Gasteiger partial charge on any atom is 0.243 e. The Morgan fingerprint density at radius 1 is 0.735 bits per heavy atom. The van der Waals surface area contributed by atoms with Crippen LogP contribution in [0.4, 0.5) is 43.7 Å². The number of benzene rings is 3. The van der Waals surface area contributed by atoms with Crippen LogP contribution in [0, 0.1) is 18.6 Å². The summed E-state index contributed by atoms with van der Waals surface area (Å²) >= 11 is 0. The van der Waals surface area contributed by atoms with Gasteiger partial charge >= 0.3 is 0 Å². The fraction of sp³-hybridized carbons (Fsp3) is 0.0833. The second kappa shape index (κ2) is 10.3. The van der Waals surface area contributed by atoms with Crippen molar-refractivity contribution in [2.75, 3.05) is 27.8 Å². The molecule has 0 atom stereocenters. The fourth-order valence-corrected chi connectivity index (χ4v) is 2.98. The van der Waals surface area contributed by atoms with Crippen molar-refractivity contribution in [3.8, 4) is 0 Å². The van der Waals surface area contributed by atoms with Gasteiger partial charge in [0.15, 0.2) is 0 Å². The van der Waals surface area contributed by atoms with Crippen LogP contribution >= 0.6 is 0 Å². The summed E-state index contributed by atoms with van der Waals surface area (Å²) in [6, 6.07) is 18.8. The number of carbonyl (C=O) groups is 1. The van der Waals surface area contributed by atoms with Gasteiger partial charge in [0, 0.05) is 17.1 Å². The number of hydrogen-bond acceptors (Lipinski definition) is 7. The van der Waals surface area contributed by atoms with Gasteiger partial charge in [-0.25, -0.2) is 8.78 Å². The van der Waals surface area contributed by atoms with Crippen molar-refractivity contribution >= 4 is 40.8 Å². The molecule has 172 valence electrons. The molecule has 4 N–H and O–H groups in total. The van der Waals surface area contributed by atoms with E-state index in [4.69, 9.17) is 0 Å². The molecule has 0 aliphatic heterocycles. The van der Waals surface area contributed by atoms with E-state index < -0.39 is 0 Å². The van der Waals surface area contributed by atoms with Crippen molar-refractivity contribution in [2.45, 2.75) is 6.92 Å². The Bertz CT molecular complexity index is 1220. The van der Waals surface area contributed by atoms with E-state index in [0.29, 0.717) is 17.1 Å². The molecule has 0 aliphatic rings. The summed E-state index contributed by atoms with van der Waals surface area (Å²) in [5, 5.41) is 11.6. The van der Waals surface area contributed by atoms with Gasteiger partial charge in [0.25, 0.3) is 0 Å². The van der Waals surface area contributed by atoms with Gasteiger partial charge in [0.05, 0.1) is 6.54 Å². The molecule has 0 unspecified atom stereocenters. The molecule has 1 heterocycles. The minimum absolute atomic E-state index is 0.0933. The Kier molecular flexibility index (Phi) is 6.87. The first-order chi connectivity index (χ1) is 16.4. The zero-order valence-corrected chi connectivity index (χ0v) is 18.1. The predicted octanol–water partition coefficient (Wildman–Crippen LogP) is 5.00. The number of nitrogens with one attached hydrogen (secondary N) is 4. The first-order valence-electron chi connectivity index (χ1n) is 10.3. The molecule has 0 bridgehead atoms. The number of rotatable bonds is 8. The second-order valence-electron chi connectivity index (χ2n) is 7.34. The average molecular weight is 461 g/mol. The largest absolute Gasteiger partial charge is 0.345 e. The van der Waals surface area contributed by atoms with Gasteiger partial charge in [-0.05, 0) is 73.2 Å². The fourth-order valence-electron chi connectivity index (χ4n) is 2.98. The van der Waals surface area contributed by atoms with E-state index in [-0.39, 0.29) is 41.9 Å². The van der Waals surface area contributed by atoms with Gasteiger partial charge in [-0.2, -0.15) is 15.0 Å². The normalized spacial score (nSPS) is 10.4. The van der Waals surface area contributed by atoms with E-state index in [0.717, 1.165) is 5.56 Å². The molecule has 1 aromatic heterocycles. The molecular weight excluding hydrogens is 440 g/mol. The van der Waals surface area contributed by atoms with Crippen molar-refractivity contribution in [3.63, 3.8) is 0 Å². The first kappa shape index (κ1) is 22.6. The Morgan fingerprint density at radius 2 is 1.26 bits per heavy atom. The number of aromatic nitrogens is 3. The van der Waals surface area contributed by atoms with Crippen molar-refractivity contribution in [1.29, 1.82) is 0 Å². The third kappa shape index (κ3) is 6.45. The Morgan fingerprint density at radius 3 is 1.79 bits per heavy atom. The van der Waals surface area contributed by atoms with E-state index in [9.17, 15) is 13.6 Å². The molecule has 8 nitrogen and oxygen atoms in total. The maximum atomic E-state index is 13.2. The molecule has 10 heteroatoms. The lowest BCUT2D eigenvalue weighted by Crippen LogP contribution is -2.23. The van der Waals surface area contributed by atoms with Gasteiger partial charge in [0.2, 0.25) is 23.8 Å².